The topological polar surface area (TPSA) is 55.1 Å². The standard InChI is InChI=1S/C12H14N2O2S2/c1-3-9(18-11-5-4-6-17-11)12(15)13-10-7-8(2)16-14-10/h4-7,9H,3H2,1-2H3,(H,13,14,15). The summed E-state index contributed by atoms with van der Waals surface area (Å²) in [6.45, 7) is 3.79. The third-order valence-corrected chi connectivity index (χ3v) is 4.74. The Morgan fingerprint density at radius 1 is 1.67 bits per heavy atom. The van der Waals surface area contributed by atoms with E-state index in [-0.39, 0.29) is 11.2 Å². The second-order valence-corrected chi connectivity index (χ2v) is 6.21. The second kappa shape index (κ2) is 6.06. The van der Waals surface area contributed by atoms with Crippen molar-refractivity contribution in [3.05, 3.63) is 29.3 Å². The fourth-order valence-corrected chi connectivity index (χ4v) is 3.38. The minimum atomic E-state index is -0.111. The Kier molecular flexibility index (Phi) is 4.43. The van der Waals surface area contributed by atoms with Crippen LogP contribution in [-0.2, 0) is 4.79 Å². The molecule has 2 rings (SSSR count). The van der Waals surface area contributed by atoms with Crippen LogP contribution in [-0.4, -0.2) is 16.3 Å². The van der Waals surface area contributed by atoms with E-state index in [1.165, 1.54) is 0 Å². The maximum absolute atomic E-state index is 12.1. The first-order valence-electron chi connectivity index (χ1n) is 5.63. The van der Waals surface area contributed by atoms with Gasteiger partial charge in [0, 0.05) is 6.07 Å². The molecule has 18 heavy (non-hydrogen) atoms. The van der Waals surface area contributed by atoms with Gasteiger partial charge in [0.25, 0.3) is 0 Å². The van der Waals surface area contributed by atoms with Crippen LogP contribution in [0.2, 0.25) is 0 Å². The van der Waals surface area contributed by atoms with Crippen molar-refractivity contribution >= 4 is 34.8 Å². The normalized spacial score (nSPS) is 12.3. The van der Waals surface area contributed by atoms with Crippen LogP contribution in [0.1, 0.15) is 19.1 Å². The highest BCUT2D eigenvalue weighted by atomic mass is 32.2. The number of nitrogens with one attached hydrogen (secondary N) is 1. The number of rotatable bonds is 5. The fourth-order valence-electron chi connectivity index (χ4n) is 1.43. The Morgan fingerprint density at radius 2 is 2.50 bits per heavy atom. The smallest absolute Gasteiger partial charge is 0.239 e. The van der Waals surface area contributed by atoms with E-state index >= 15 is 0 Å². The number of nitrogens with zero attached hydrogens (tertiary/aromatic N) is 1. The highest BCUT2D eigenvalue weighted by Crippen LogP contribution is 2.30. The first-order valence-corrected chi connectivity index (χ1v) is 7.39. The number of hydrogen-bond acceptors (Lipinski definition) is 5. The van der Waals surface area contributed by atoms with Gasteiger partial charge in [-0.15, -0.1) is 23.1 Å². The zero-order valence-electron chi connectivity index (χ0n) is 10.2. The Hall–Kier alpha value is -1.27. The first kappa shape index (κ1) is 13.2. The lowest BCUT2D eigenvalue weighted by Crippen LogP contribution is -2.24. The highest BCUT2D eigenvalue weighted by Gasteiger charge is 2.19. The van der Waals surface area contributed by atoms with Gasteiger partial charge in [0.15, 0.2) is 5.82 Å². The Bertz CT molecular complexity index is 508. The largest absolute Gasteiger partial charge is 0.360 e. The number of aryl methyl sites for hydroxylation is 1. The Morgan fingerprint density at radius 3 is 3.06 bits per heavy atom. The van der Waals surface area contributed by atoms with E-state index < -0.39 is 0 Å². The van der Waals surface area contributed by atoms with Gasteiger partial charge in [0.05, 0.1) is 9.46 Å². The molecule has 1 unspecified atom stereocenters. The third kappa shape index (κ3) is 3.36. The van der Waals surface area contributed by atoms with E-state index in [4.69, 9.17) is 4.52 Å². The Labute approximate surface area is 114 Å². The van der Waals surface area contributed by atoms with Gasteiger partial charge in [-0.2, -0.15) is 0 Å². The van der Waals surface area contributed by atoms with Crippen LogP contribution in [0.5, 0.6) is 0 Å². The second-order valence-electron chi connectivity index (χ2n) is 3.76. The molecule has 2 heterocycles. The molecule has 2 aromatic heterocycles. The minimum Gasteiger partial charge on any atom is -0.360 e. The molecule has 96 valence electrons. The van der Waals surface area contributed by atoms with Gasteiger partial charge in [-0.25, -0.2) is 0 Å². The molecule has 0 spiro atoms. The Balaban J connectivity index is 1.97. The number of aromatic nitrogens is 1. The van der Waals surface area contributed by atoms with Crippen molar-refractivity contribution in [1.29, 1.82) is 0 Å². The summed E-state index contributed by atoms with van der Waals surface area (Å²) in [7, 11) is 0. The average Bonchev–Trinajstić information content (AvgIpc) is 2.97. The van der Waals surface area contributed by atoms with Crippen molar-refractivity contribution < 1.29 is 9.32 Å². The lowest BCUT2D eigenvalue weighted by Gasteiger charge is -2.11. The summed E-state index contributed by atoms with van der Waals surface area (Å²) >= 11 is 3.22. The summed E-state index contributed by atoms with van der Waals surface area (Å²) < 4.78 is 6.06. The van der Waals surface area contributed by atoms with Gasteiger partial charge < -0.3 is 9.84 Å². The summed E-state index contributed by atoms with van der Waals surface area (Å²) in [6, 6.07) is 5.71. The number of carbonyl (C=O) groups excluding carboxylic acids is 1. The number of amides is 1. The van der Waals surface area contributed by atoms with Crippen LogP contribution in [0.3, 0.4) is 0 Å². The summed E-state index contributed by atoms with van der Waals surface area (Å²) in [5.41, 5.74) is 0. The third-order valence-electron chi connectivity index (χ3n) is 2.30. The molecule has 0 bridgehead atoms. The van der Waals surface area contributed by atoms with Crippen molar-refractivity contribution in [2.24, 2.45) is 0 Å². The molecule has 0 saturated heterocycles. The molecule has 0 aliphatic rings. The molecular formula is C12H14N2O2S2. The van der Waals surface area contributed by atoms with Gasteiger partial charge in [-0.3, -0.25) is 4.79 Å². The molecule has 2 aromatic rings. The fraction of sp³-hybridized carbons (Fsp3) is 0.333. The quantitative estimate of drug-likeness (QED) is 0.852. The molecule has 0 aliphatic carbocycles. The number of thiophene rings is 1. The zero-order valence-corrected chi connectivity index (χ0v) is 11.8. The lowest BCUT2D eigenvalue weighted by atomic mass is 10.3. The maximum Gasteiger partial charge on any atom is 0.239 e. The molecular weight excluding hydrogens is 268 g/mol. The molecule has 0 radical (unpaired) electrons. The van der Waals surface area contributed by atoms with Crippen molar-refractivity contribution in [3.63, 3.8) is 0 Å². The van der Waals surface area contributed by atoms with Crippen molar-refractivity contribution in [2.45, 2.75) is 29.7 Å². The van der Waals surface area contributed by atoms with Crippen molar-refractivity contribution in [1.82, 2.24) is 5.16 Å². The molecule has 0 aromatic carbocycles. The number of carbonyl (C=O) groups is 1. The van der Waals surface area contributed by atoms with Crippen LogP contribution in [0.4, 0.5) is 5.82 Å². The van der Waals surface area contributed by atoms with Gasteiger partial charge in [0.1, 0.15) is 5.76 Å². The SMILES string of the molecule is CCC(Sc1cccs1)C(=O)Nc1cc(C)on1. The average molecular weight is 282 g/mol. The highest BCUT2D eigenvalue weighted by molar-refractivity contribution is 8.02. The van der Waals surface area contributed by atoms with E-state index in [0.29, 0.717) is 11.6 Å². The first-order chi connectivity index (χ1) is 8.69. The van der Waals surface area contributed by atoms with Crippen LogP contribution >= 0.6 is 23.1 Å². The lowest BCUT2D eigenvalue weighted by molar-refractivity contribution is -0.115. The van der Waals surface area contributed by atoms with Crippen molar-refractivity contribution in [3.8, 4) is 0 Å². The van der Waals surface area contributed by atoms with E-state index in [9.17, 15) is 4.79 Å². The van der Waals surface area contributed by atoms with E-state index in [0.717, 1.165) is 10.6 Å². The molecule has 1 amide bonds. The van der Waals surface area contributed by atoms with Gasteiger partial charge in [-0.05, 0) is 24.8 Å². The molecule has 0 saturated carbocycles. The van der Waals surface area contributed by atoms with Crippen molar-refractivity contribution in [2.75, 3.05) is 5.32 Å². The molecule has 0 fully saturated rings. The van der Waals surface area contributed by atoms with Gasteiger partial charge >= 0.3 is 0 Å². The van der Waals surface area contributed by atoms with Crippen LogP contribution in [0, 0.1) is 6.92 Å². The predicted molar refractivity (Wildman–Crippen MR) is 74.1 cm³/mol. The number of hydrogen-bond donors (Lipinski definition) is 1. The van der Waals surface area contributed by atoms with E-state index in [1.807, 2.05) is 24.4 Å². The monoisotopic (exact) mass is 282 g/mol. The van der Waals surface area contributed by atoms with Crippen LogP contribution in [0.25, 0.3) is 0 Å². The molecule has 0 aliphatic heterocycles. The number of thioether (sulfide) groups is 1. The van der Waals surface area contributed by atoms with Crippen LogP contribution < -0.4 is 5.32 Å². The van der Waals surface area contributed by atoms with Gasteiger partial charge in [0.2, 0.25) is 5.91 Å². The summed E-state index contributed by atoms with van der Waals surface area (Å²) in [4.78, 5) is 12.1. The summed E-state index contributed by atoms with van der Waals surface area (Å²) in [6.07, 6.45) is 0.769. The van der Waals surface area contributed by atoms with Crippen LogP contribution in [0.15, 0.2) is 32.3 Å². The molecule has 1 atom stereocenters. The molecule has 4 nitrogen and oxygen atoms in total. The van der Waals surface area contributed by atoms with Gasteiger partial charge in [-0.1, -0.05) is 18.1 Å². The minimum absolute atomic E-state index is 0.0378. The molecule has 6 heteroatoms. The maximum atomic E-state index is 12.1. The number of anilines is 1. The van der Waals surface area contributed by atoms with E-state index in [2.05, 4.69) is 10.5 Å². The predicted octanol–water partition coefficient (Wildman–Crippen LogP) is 3.55. The summed E-state index contributed by atoms with van der Waals surface area (Å²) in [5.74, 6) is 1.12. The summed E-state index contributed by atoms with van der Waals surface area (Å²) in [5, 5.41) is 8.42. The van der Waals surface area contributed by atoms with E-state index in [1.54, 1.807) is 36.1 Å². The zero-order chi connectivity index (χ0) is 13.0. The molecule has 1 N–H and O–H groups in total.